The van der Waals surface area contributed by atoms with Gasteiger partial charge in [0.1, 0.15) is 18.0 Å². The number of non-ortho nitro benzene ring substituents is 1. The van der Waals surface area contributed by atoms with E-state index in [2.05, 4.69) is 0 Å². The molecule has 1 heterocycles. The largest absolute Gasteiger partial charge is 0.457 e. The number of furan rings is 1. The van der Waals surface area contributed by atoms with E-state index in [-0.39, 0.29) is 22.9 Å². The summed E-state index contributed by atoms with van der Waals surface area (Å²) in [5.74, 6) is -0.278. The number of hydrogen-bond acceptors (Lipinski definition) is 5. The van der Waals surface area contributed by atoms with Crippen LogP contribution in [-0.4, -0.2) is 10.9 Å². The van der Waals surface area contributed by atoms with Gasteiger partial charge >= 0.3 is 5.97 Å². The van der Waals surface area contributed by atoms with Crippen molar-refractivity contribution in [2.75, 3.05) is 0 Å². The molecular weight excluding hydrogens is 322 g/mol. The van der Waals surface area contributed by atoms with Crippen LogP contribution in [0.3, 0.4) is 0 Å². The maximum atomic E-state index is 12.1. The van der Waals surface area contributed by atoms with Gasteiger partial charge in [-0.1, -0.05) is 29.8 Å². The van der Waals surface area contributed by atoms with Gasteiger partial charge < -0.3 is 9.15 Å². The Morgan fingerprint density at radius 3 is 2.74 bits per heavy atom. The highest BCUT2D eigenvalue weighted by Gasteiger charge is 2.17. The lowest BCUT2D eigenvalue weighted by Crippen LogP contribution is -2.06. The number of ether oxygens (including phenoxy) is 1. The molecule has 7 heteroatoms. The summed E-state index contributed by atoms with van der Waals surface area (Å²) < 4.78 is 10.6. The molecule has 0 unspecified atom stereocenters. The number of esters is 1. The number of rotatable bonds is 4. The summed E-state index contributed by atoms with van der Waals surface area (Å²) in [4.78, 5) is 22.2. The van der Waals surface area contributed by atoms with E-state index in [0.717, 1.165) is 11.5 Å². The zero-order valence-corrected chi connectivity index (χ0v) is 12.4. The number of nitrogens with zero attached hydrogens (tertiary/aromatic N) is 1. The third-order valence-corrected chi connectivity index (χ3v) is 3.53. The molecule has 1 aromatic heterocycles. The standard InChI is InChI=1S/C16H10ClNO5/c17-14-6-5-11(18(20)21)8-13(14)16(19)22-9-12-7-10-3-1-2-4-15(10)23-12/h1-8H,9H2. The molecule has 0 saturated heterocycles. The molecule has 3 aromatic rings. The fourth-order valence-electron chi connectivity index (χ4n) is 2.11. The van der Waals surface area contributed by atoms with Gasteiger partial charge in [-0.2, -0.15) is 0 Å². The van der Waals surface area contributed by atoms with Crippen LogP contribution in [0.2, 0.25) is 5.02 Å². The first-order valence-electron chi connectivity index (χ1n) is 6.63. The normalized spacial score (nSPS) is 10.7. The molecule has 3 rings (SSSR count). The van der Waals surface area contributed by atoms with Crippen LogP contribution in [0.1, 0.15) is 16.1 Å². The number of carbonyl (C=O) groups excluding carboxylic acids is 1. The van der Waals surface area contributed by atoms with Gasteiger partial charge in [0.05, 0.1) is 15.5 Å². The lowest BCUT2D eigenvalue weighted by atomic mass is 10.2. The van der Waals surface area contributed by atoms with Crippen LogP contribution in [0.5, 0.6) is 0 Å². The molecule has 116 valence electrons. The number of hydrogen-bond donors (Lipinski definition) is 0. The first kappa shape index (κ1) is 15.1. The number of nitro groups is 1. The van der Waals surface area contributed by atoms with Crippen molar-refractivity contribution in [3.8, 4) is 0 Å². The zero-order valence-electron chi connectivity index (χ0n) is 11.7. The van der Waals surface area contributed by atoms with E-state index < -0.39 is 10.9 Å². The van der Waals surface area contributed by atoms with E-state index in [0.29, 0.717) is 11.3 Å². The molecule has 0 radical (unpaired) electrons. The lowest BCUT2D eigenvalue weighted by Gasteiger charge is -2.04. The van der Waals surface area contributed by atoms with Gasteiger partial charge in [-0.05, 0) is 18.2 Å². The van der Waals surface area contributed by atoms with Crippen LogP contribution in [0.4, 0.5) is 5.69 Å². The topological polar surface area (TPSA) is 82.6 Å². The lowest BCUT2D eigenvalue weighted by molar-refractivity contribution is -0.384. The Balaban J connectivity index is 1.76. The minimum Gasteiger partial charge on any atom is -0.457 e. The van der Waals surface area contributed by atoms with Gasteiger partial charge in [-0.3, -0.25) is 10.1 Å². The summed E-state index contributed by atoms with van der Waals surface area (Å²) in [5, 5.41) is 11.7. The molecule has 0 aliphatic carbocycles. The molecule has 0 aliphatic rings. The molecule has 0 bridgehead atoms. The summed E-state index contributed by atoms with van der Waals surface area (Å²) >= 11 is 5.89. The molecule has 0 N–H and O–H groups in total. The van der Waals surface area contributed by atoms with Crippen molar-refractivity contribution in [1.29, 1.82) is 0 Å². The molecule has 0 atom stereocenters. The SMILES string of the molecule is O=C(OCc1cc2ccccc2o1)c1cc([N+](=O)[O-])ccc1Cl. The fraction of sp³-hybridized carbons (Fsp3) is 0.0625. The van der Waals surface area contributed by atoms with Crippen molar-refractivity contribution in [3.05, 3.63) is 75.0 Å². The van der Waals surface area contributed by atoms with Crippen molar-refractivity contribution in [2.45, 2.75) is 6.61 Å². The second-order valence-corrected chi connectivity index (χ2v) is 5.16. The molecule has 0 saturated carbocycles. The number of carbonyl (C=O) groups is 1. The van der Waals surface area contributed by atoms with E-state index in [4.69, 9.17) is 20.8 Å². The number of para-hydroxylation sites is 1. The van der Waals surface area contributed by atoms with E-state index >= 15 is 0 Å². The summed E-state index contributed by atoms with van der Waals surface area (Å²) in [6.45, 7) is -0.0907. The Kier molecular flexibility index (Phi) is 3.99. The zero-order chi connectivity index (χ0) is 16.4. The van der Waals surface area contributed by atoms with Crippen molar-refractivity contribution < 1.29 is 18.9 Å². The highest BCUT2D eigenvalue weighted by molar-refractivity contribution is 6.33. The highest BCUT2D eigenvalue weighted by atomic mass is 35.5. The second kappa shape index (κ2) is 6.10. The van der Waals surface area contributed by atoms with Gasteiger partial charge in [0.25, 0.3) is 5.69 Å². The maximum Gasteiger partial charge on any atom is 0.340 e. The van der Waals surface area contributed by atoms with Crippen LogP contribution in [0.15, 0.2) is 52.9 Å². The number of benzene rings is 2. The molecular formula is C16H10ClNO5. The van der Waals surface area contributed by atoms with Crippen molar-refractivity contribution in [1.82, 2.24) is 0 Å². The Bertz CT molecular complexity index is 869. The molecule has 23 heavy (non-hydrogen) atoms. The van der Waals surface area contributed by atoms with E-state index in [1.807, 2.05) is 18.2 Å². The van der Waals surface area contributed by atoms with Gasteiger partial charge in [0, 0.05) is 17.5 Å². The fourth-order valence-corrected chi connectivity index (χ4v) is 2.30. The van der Waals surface area contributed by atoms with Crippen molar-refractivity contribution in [3.63, 3.8) is 0 Å². The summed E-state index contributed by atoms with van der Waals surface area (Å²) in [6.07, 6.45) is 0. The average Bonchev–Trinajstić information content (AvgIpc) is 2.95. The molecule has 0 spiro atoms. The molecule has 0 amide bonds. The summed E-state index contributed by atoms with van der Waals surface area (Å²) in [7, 11) is 0. The Morgan fingerprint density at radius 1 is 1.22 bits per heavy atom. The average molecular weight is 332 g/mol. The summed E-state index contributed by atoms with van der Waals surface area (Å²) in [6, 6.07) is 12.7. The monoisotopic (exact) mass is 331 g/mol. The Labute approximate surface area is 135 Å². The second-order valence-electron chi connectivity index (χ2n) is 4.75. The quantitative estimate of drug-likeness (QED) is 0.403. The van der Waals surface area contributed by atoms with Gasteiger partial charge in [0.15, 0.2) is 0 Å². The number of nitro benzene ring substituents is 1. The third-order valence-electron chi connectivity index (χ3n) is 3.20. The van der Waals surface area contributed by atoms with Gasteiger partial charge in [0.2, 0.25) is 0 Å². The van der Waals surface area contributed by atoms with E-state index in [1.54, 1.807) is 12.1 Å². The smallest absolute Gasteiger partial charge is 0.340 e. The number of halogens is 1. The third kappa shape index (κ3) is 3.17. The number of fused-ring (bicyclic) bond motifs is 1. The van der Waals surface area contributed by atoms with Crippen LogP contribution >= 0.6 is 11.6 Å². The van der Waals surface area contributed by atoms with Crippen LogP contribution in [-0.2, 0) is 11.3 Å². The van der Waals surface area contributed by atoms with E-state index in [9.17, 15) is 14.9 Å². The van der Waals surface area contributed by atoms with Crippen LogP contribution < -0.4 is 0 Å². The van der Waals surface area contributed by atoms with Crippen LogP contribution in [0, 0.1) is 10.1 Å². The van der Waals surface area contributed by atoms with Gasteiger partial charge in [-0.15, -0.1) is 0 Å². The predicted molar refractivity (Wildman–Crippen MR) is 83.4 cm³/mol. The molecule has 0 fully saturated rings. The Hall–Kier alpha value is -2.86. The summed E-state index contributed by atoms with van der Waals surface area (Å²) in [5.41, 5.74) is 0.397. The predicted octanol–water partition coefficient (Wildman–Crippen LogP) is 4.35. The maximum absolute atomic E-state index is 12.1. The minimum atomic E-state index is -0.751. The van der Waals surface area contributed by atoms with Crippen LogP contribution in [0.25, 0.3) is 11.0 Å². The van der Waals surface area contributed by atoms with Crippen molar-refractivity contribution in [2.24, 2.45) is 0 Å². The minimum absolute atomic E-state index is 0.0584. The molecule has 0 aliphatic heterocycles. The Morgan fingerprint density at radius 2 is 2.00 bits per heavy atom. The van der Waals surface area contributed by atoms with Crippen molar-refractivity contribution >= 4 is 34.2 Å². The molecule has 2 aromatic carbocycles. The first-order chi connectivity index (χ1) is 11.0. The molecule has 6 nitrogen and oxygen atoms in total. The van der Waals surface area contributed by atoms with E-state index in [1.165, 1.54) is 12.1 Å². The highest BCUT2D eigenvalue weighted by Crippen LogP contribution is 2.24. The van der Waals surface area contributed by atoms with Gasteiger partial charge in [-0.25, -0.2) is 4.79 Å². The first-order valence-corrected chi connectivity index (χ1v) is 7.01.